The number of allylic oxidation sites excluding steroid dienone is 1. The van der Waals surface area contributed by atoms with Crippen LogP contribution in [0.3, 0.4) is 0 Å². The first-order valence-corrected chi connectivity index (χ1v) is 10.6. The minimum Gasteiger partial charge on any atom is -0.504 e. The van der Waals surface area contributed by atoms with Crippen LogP contribution in [0.2, 0.25) is 0 Å². The van der Waals surface area contributed by atoms with Crippen LogP contribution >= 0.6 is 0 Å². The summed E-state index contributed by atoms with van der Waals surface area (Å²) in [5, 5.41) is 16.5. The second kappa shape index (κ2) is 9.91. The minimum absolute atomic E-state index is 0.00849. The first kappa shape index (κ1) is 22.0. The summed E-state index contributed by atoms with van der Waals surface area (Å²) in [5.41, 5.74) is 4.30. The third kappa shape index (κ3) is 5.51. The lowest BCUT2D eigenvalue weighted by molar-refractivity contribution is 0.101. The molecule has 0 unspecified atom stereocenters. The maximum atomic E-state index is 13.0. The van der Waals surface area contributed by atoms with E-state index in [2.05, 4.69) is 27.3 Å². The monoisotopic (exact) mass is 440 g/mol. The molecule has 0 aliphatic heterocycles. The van der Waals surface area contributed by atoms with Crippen molar-refractivity contribution in [1.82, 2.24) is 19.7 Å². The number of hydrogen-bond donors (Lipinski definition) is 2. The van der Waals surface area contributed by atoms with Gasteiger partial charge < -0.3 is 9.67 Å². The van der Waals surface area contributed by atoms with Gasteiger partial charge >= 0.3 is 0 Å². The lowest BCUT2D eigenvalue weighted by atomic mass is 10.1. The Bertz CT molecular complexity index is 1270. The van der Waals surface area contributed by atoms with Gasteiger partial charge in [0.1, 0.15) is 6.33 Å². The second-order valence-corrected chi connectivity index (χ2v) is 7.82. The molecular formula is C26H24N4O3. The van der Waals surface area contributed by atoms with Gasteiger partial charge in [-0.15, -0.1) is 0 Å². The molecule has 33 heavy (non-hydrogen) atoms. The molecule has 0 saturated heterocycles. The van der Waals surface area contributed by atoms with E-state index < -0.39 is 0 Å². The highest BCUT2D eigenvalue weighted by atomic mass is 16.3. The predicted octanol–water partition coefficient (Wildman–Crippen LogP) is 4.42. The van der Waals surface area contributed by atoms with Crippen molar-refractivity contribution < 1.29 is 14.7 Å². The minimum atomic E-state index is -0.344. The van der Waals surface area contributed by atoms with Crippen molar-refractivity contribution in [3.63, 3.8) is 0 Å². The van der Waals surface area contributed by atoms with Gasteiger partial charge in [-0.1, -0.05) is 54.6 Å². The number of benzene rings is 2. The smallest absolute Gasteiger partial charge is 0.215 e. The van der Waals surface area contributed by atoms with Crippen molar-refractivity contribution >= 4 is 17.3 Å². The van der Waals surface area contributed by atoms with Crippen molar-refractivity contribution in [3.05, 3.63) is 113 Å². The fraction of sp³-hybridized carbons (Fsp3) is 0.154. The number of ketones is 2. The lowest BCUT2D eigenvalue weighted by Crippen LogP contribution is -2.08. The summed E-state index contributed by atoms with van der Waals surface area (Å²) in [6, 6.07) is 19.4. The Hall–Kier alpha value is -4.26. The number of aliphatic hydroxyl groups excluding tert-OH is 1. The van der Waals surface area contributed by atoms with E-state index >= 15 is 0 Å². The van der Waals surface area contributed by atoms with E-state index in [1.807, 2.05) is 47.2 Å². The van der Waals surface area contributed by atoms with Crippen molar-refractivity contribution in [2.45, 2.75) is 26.3 Å². The van der Waals surface area contributed by atoms with E-state index in [4.69, 9.17) is 0 Å². The van der Waals surface area contributed by atoms with Crippen LogP contribution in [-0.2, 0) is 19.4 Å². The van der Waals surface area contributed by atoms with Crippen molar-refractivity contribution in [3.8, 4) is 0 Å². The van der Waals surface area contributed by atoms with Crippen LogP contribution in [0.5, 0.6) is 0 Å². The zero-order valence-corrected chi connectivity index (χ0v) is 18.2. The van der Waals surface area contributed by atoms with Crippen LogP contribution in [-0.4, -0.2) is 36.4 Å². The van der Waals surface area contributed by atoms with Gasteiger partial charge in [0.2, 0.25) is 11.6 Å². The Balaban J connectivity index is 1.60. The molecular weight excluding hydrogens is 416 g/mol. The van der Waals surface area contributed by atoms with Crippen LogP contribution in [0.4, 0.5) is 0 Å². The van der Waals surface area contributed by atoms with Crippen LogP contribution in [0.15, 0.2) is 79.3 Å². The molecule has 7 nitrogen and oxygen atoms in total. The SMILES string of the molecule is CC(=O)c1ccc(Cn2cc(CCc3ccccc3)cc2C(=O)C=C(O)c2nc[nH]n2)cc1. The van der Waals surface area contributed by atoms with Crippen LogP contribution in [0.25, 0.3) is 5.76 Å². The number of carbonyl (C=O) groups excluding carboxylic acids is 2. The molecule has 2 heterocycles. The quantitative estimate of drug-likeness (QED) is 0.228. The van der Waals surface area contributed by atoms with Crippen molar-refractivity contribution in [2.75, 3.05) is 0 Å². The Morgan fingerprint density at radius 2 is 1.73 bits per heavy atom. The third-order valence-corrected chi connectivity index (χ3v) is 5.38. The van der Waals surface area contributed by atoms with E-state index in [9.17, 15) is 14.7 Å². The summed E-state index contributed by atoms with van der Waals surface area (Å²) in [6.45, 7) is 1.99. The van der Waals surface area contributed by atoms with Gasteiger partial charge in [-0.05, 0) is 42.5 Å². The van der Waals surface area contributed by atoms with Gasteiger partial charge in [-0.3, -0.25) is 14.7 Å². The second-order valence-electron chi connectivity index (χ2n) is 7.82. The molecule has 0 spiro atoms. The van der Waals surface area contributed by atoms with Crippen LogP contribution in [0.1, 0.15) is 50.3 Å². The molecule has 4 aromatic rings. The molecule has 0 amide bonds. The molecule has 0 aliphatic carbocycles. The molecule has 7 heteroatoms. The lowest BCUT2D eigenvalue weighted by Gasteiger charge is -2.08. The summed E-state index contributed by atoms with van der Waals surface area (Å²) < 4.78 is 1.87. The normalized spacial score (nSPS) is 11.5. The molecule has 0 aliphatic rings. The molecule has 0 saturated carbocycles. The topological polar surface area (TPSA) is 101 Å². The molecule has 2 aromatic carbocycles. The van der Waals surface area contributed by atoms with Gasteiger partial charge in [-0.2, -0.15) is 5.10 Å². The molecule has 4 rings (SSSR count). The van der Waals surface area contributed by atoms with Crippen LogP contribution in [0, 0.1) is 0 Å². The highest BCUT2D eigenvalue weighted by Gasteiger charge is 2.15. The number of aliphatic hydroxyl groups is 1. The fourth-order valence-electron chi connectivity index (χ4n) is 3.62. The largest absolute Gasteiger partial charge is 0.504 e. The van der Waals surface area contributed by atoms with Gasteiger partial charge in [0, 0.05) is 24.4 Å². The zero-order chi connectivity index (χ0) is 23.2. The number of hydrogen-bond acceptors (Lipinski definition) is 5. The van der Waals surface area contributed by atoms with E-state index in [1.54, 1.807) is 12.1 Å². The van der Waals surface area contributed by atoms with E-state index in [1.165, 1.54) is 18.8 Å². The molecule has 0 bridgehead atoms. The number of H-pyrrole nitrogens is 1. The first-order valence-electron chi connectivity index (χ1n) is 10.6. The average molecular weight is 441 g/mol. The first-order chi connectivity index (χ1) is 16.0. The van der Waals surface area contributed by atoms with E-state index in [0.717, 1.165) is 30.0 Å². The highest BCUT2D eigenvalue weighted by molar-refractivity contribution is 6.06. The van der Waals surface area contributed by atoms with E-state index in [-0.39, 0.29) is 23.2 Å². The molecule has 2 N–H and O–H groups in total. The van der Waals surface area contributed by atoms with E-state index in [0.29, 0.717) is 17.8 Å². The number of nitrogens with zero attached hydrogens (tertiary/aromatic N) is 3. The fourth-order valence-corrected chi connectivity index (χ4v) is 3.62. The van der Waals surface area contributed by atoms with Crippen LogP contribution < -0.4 is 0 Å². The Morgan fingerprint density at radius 1 is 1.00 bits per heavy atom. The highest BCUT2D eigenvalue weighted by Crippen LogP contribution is 2.18. The molecule has 0 atom stereocenters. The maximum Gasteiger partial charge on any atom is 0.215 e. The number of carbonyl (C=O) groups is 2. The summed E-state index contributed by atoms with van der Waals surface area (Å²) >= 11 is 0. The average Bonchev–Trinajstić information content (AvgIpc) is 3.49. The Kier molecular flexibility index (Phi) is 6.59. The standard InChI is InChI=1S/C26H24N4O3/c1-18(31)22-11-9-20(10-12-22)15-30-16-21(8-7-19-5-3-2-4-6-19)13-23(30)24(32)14-25(33)26-27-17-28-29-26/h2-6,9-14,16-17,33H,7-8,15H2,1H3,(H,27,28,29). The summed E-state index contributed by atoms with van der Waals surface area (Å²) in [4.78, 5) is 28.5. The number of Topliss-reactive ketones (excluding diaryl/α,β-unsaturated/α-hetero) is 1. The summed E-state index contributed by atoms with van der Waals surface area (Å²) in [5.74, 6) is -0.575. The Morgan fingerprint density at radius 3 is 2.39 bits per heavy atom. The number of rotatable bonds is 9. The summed E-state index contributed by atoms with van der Waals surface area (Å²) in [6.07, 6.45) is 6.06. The van der Waals surface area contributed by atoms with Gasteiger partial charge in [0.05, 0.1) is 5.69 Å². The van der Waals surface area contributed by atoms with Crippen molar-refractivity contribution in [1.29, 1.82) is 0 Å². The maximum absolute atomic E-state index is 13.0. The van der Waals surface area contributed by atoms with Gasteiger partial charge in [0.25, 0.3) is 0 Å². The predicted molar refractivity (Wildman–Crippen MR) is 125 cm³/mol. The third-order valence-electron chi connectivity index (χ3n) is 5.38. The number of aromatic nitrogens is 4. The molecule has 0 fully saturated rings. The summed E-state index contributed by atoms with van der Waals surface area (Å²) in [7, 11) is 0. The molecule has 2 aromatic heterocycles. The molecule has 166 valence electrons. The number of aromatic amines is 1. The zero-order valence-electron chi connectivity index (χ0n) is 18.2. The van der Waals surface area contributed by atoms with Gasteiger partial charge in [0.15, 0.2) is 11.5 Å². The van der Waals surface area contributed by atoms with Crippen molar-refractivity contribution in [2.24, 2.45) is 0 Å². The molecule has 0 radical (unpaired) electrons. The number of nitrogens with one attached hydrogen (secondary N) is 1. The van der Waals surface area contributed by atoms with Gasteiger partial charge in [-0.25, -0.2) is 4.98 Å². The Labute approximate surface area is 191 Å². The number of aryl methyl sites for hydroxylation is 2.